The minimum atomic E-state index is -0.275. The lowest BCUT2D eigenvalue weighted by molar-refractivity contribution is 0.301. The van der Waals surface area contributed by atoms with Crippen LogP contribution in [0.4, 0.5) is 14.5 Å². The molecule has 0 saturated heterocycles. The van der Waals surface area contributed by atoms with Gasteiger partial charge in [-0.3, -0.25) is 0 Å². The molecule has 0 atom stereocenters. The highest BCUT2D eigenvalue weighted by Gasteiger charge is 2.11. The number of anilines is 1. The third kappa shape index (κ3) is 5.05. The van der Waals surface area contributed by atoms with Crippen LogP contribution in [0.5, 0.6) is 5.75 Å². The van der Waals surface area contributed by atoms with E-state index in [0.717, 1.165) is 25.8 Å². The fraction of sp³-hybridized carbons (Fsp3) is 0.100. The summed E-state index contributed by atoms with van der Waals surface area (Å²) in [5.74, 6) is 0.152. The molecule has 0 aromatic heterocycles. The van der Waals surface area contributed by atoms with Crippen molar-refractivity contribution in [1.82, 2.24) is 0 Å². The molecule has 0 saturated carbocycles. The van der Waals surface area contributed by atoms with Crippen molar-refractivity contribution in [2.75, 3.05) is 5.32 Å². The van der Waals surface area contributed by atoms with E-state index in [4.69, 9.17) is 4.74 Å². The molecule has 2 nitrogen and oxygen atoms in total. The predicted octanol–water partition coefficient (Wildman–Crippen LogP) is 6.68. The van der Waals surface area contributed by atoms with Gasteiger partial charge in [0.2, 0.25) is 0 Å². The maximum atomic E-state index is 13.0. The number of rotatable bonds is 6. The van der Waals surface area contributed by atoms with Crippen molar-refractivity contribution in [3.8, 4) is 5.75 Å². The zero-order chi connectivity index (χ0) is 18.5. The van der Waals surface area contributed by atoms with Crippen molar-refractivity contribution in [2.24, 2.45) is 0 Å². The Morgan fingerprint density at radius 2 is 1.46 bits per heavy atom. The van der Waals surface area contributed by atoms with Gasteiger partial charge in [0.25, 0.3) is 0 Å². The fourth-order valence-electron chi connectivity index (χ4n) is 2.41. The van der Waals surface area contributed by atoms with Crippen molar-refractivity contribution in [3.05, 3.63) is 92.4 Å². The molecule has 1 N–H and O–H groups in total. The molecule has 0 bridgehead atoms. The zero-order valence-corrected chi connectivity index (χ0v) is 16.8. The van der Waals surface area contributed by atoms with Crippen LogP contribution >= 0.6 is 31.9 Å². The molecule has 0 amide bonds. The highest BCUT2D eigenvalue weighted by atomic mass is 79.9. The summed E-state index contributed by atoms with van der Waals surface area (Å²) in [5, 5.41) is 3.25. The van der Waals surface area contributed by atoms with Gasteiger partial charge in [-0.1, -0.05) is 28.1 Å². The predicted molar refractivity (Wildman–Crippen MR) is 106 cm³/mol. The lowest BCUT2D eigenvalue weighted by Crippen LogP contribution is -2.05. The summed E-state index contributed by atoms with van der Waals surface area (Å²) >= 11 is 7.01. The molecule has 26 heavy (non-hydrogen) atoms. The molecule has 0 aliphatic rings. The highest BCUT2D eigenvalue weighted by Crippen LogP contribution is 2.34. The molecule has 3 aromatic carbocycles. The van der Waals surface area contributed by atoms with Gasteiger partial charge in [0.15, 0.2) is 0 Å². The topological polar surface area (TPSA) is 21.3 Å². The summed E-state index contributed by atoms with van der Waals surface area (Å²) in [5.41, 5.74) is 2.61. The van der Waals surface area contributed by atoms with E-state index in [-0.39, 0.29) is 11.6 Å². The first kappa shape index (κ1) is 18.9. The largest absolute Gasteiger partial charge is 0.487 e. The summed E-state index contributed by atoms with van der Waals surface area (Å²) in [7, 11) is 0. The molecule has 0 spiro atoms. The van der Waals surface area contributed by atoms with Crippen LogP contribution < -0.4 is 10.1 Å². The van der Waals surface area contributed by atoms with Crippen LogP contribution in [0.3, 0.4) is 0 Å². The lowest BCUT2D eigenvalue weighted by atomic mass is 10.2. The Labute approximate surface area is 167 Å². The second-order valence-electron chi connectivity index (χ2n) is 5.65. The Morgan fingerprint density at radius 1 is 0.846 bits per heavy atom. The molecule has 3 aromatic rings. The molecule has 6 heteroatoms. The molecular weight excluding hydrogens is 468 g/mol. The van der Waals surface area contributed by atoms with Crippen molar-refractivity contribution >= 4 is 37.5 Å². The second kappa shape index (κ2) is 8.64. The van der Waals surface area contributed by atoms with E-state index in [1.54, 1.807) is 24.3 Å². The third-order valence-electron chi connectivity index (χ3n) is 3.71. The Balaban J connectivity index is 1.75. The maximum absolute atomic E-state index is 13.0. The molecular formula is C20H15Br2F2NO. The zero-order valence-electron chi connectivity index (χ0n) is 13.6. The van der Waals surface area contributed by atoms with Crippen molar-refractivity contribution < 1.29 is 13.5 Å². The minimum Gasteiger partial charge on any atom is -0.487 e. The summed E-state index contributed by atoms with van der Waals surface area (Å²) in [4.78, 5) is 0. The van der Waals surface area contributed by atoms with Crippen LogP contribution in [0.25, 0.3) is 0 Å². The third-order valence-corrected chi connectivity index (χ3v) is 4.76. The van der Waals surface area contributed by atoms with E-state index in [0.29, 0.717) is 18.9 Å². The van der Waals surface area contributed by atoms with Crippen LogP contribution in [0.2, 0.25) is 0 Å². The van der Waals surface area contributed by atoms with E-state index >= 15 is 0 Å². The van der Waals surface area contributed by atoms with Gasteiger partial charge in [-0.25, -0.2) is 8.78 Å². The normalized spacial score (nSPS) is 10.6. The van der Waals surface area contributed by atoms with Gasteiger partial charge in [0.05, 0.1) is 4.47 Å². The standard InChI is InChI=1S/C20H15Br2F2NO/c21-15-9-14(11-25-18-7-5-17(24)6-8-18)20(19(22)10-15)26-12-13-1-3-16(23)4-2-13/h1-10,25H,11-12H2. The number of hydrogen-bond acceptors (Lipinski definition) is 2. The van der Waals surface area contributed by atoms with Gasteiger partial charge < -0.3 is 10.1 Å². The fourth-order valence-corrected chi connectivity index (χ4v) is 3.84. The monoisotopic (exact) mass is 481 g/mol. The second-order valence-corrected chi connectivity index (χ2v) is 7.42. The molecule has 0 heterocycles. The van der Waals surface area contributed by atoms with E-state index in [2.05, 4.69) is 37.2 Å². The molecule has 0 unspecified atom stereocenters. The Hall–Kier alpha value is -1.92. The van der Waals surface area contributed by atoms with Crippen LogP contribution in [0, 0.1) is 11.6 Å². The average molecular weight is 483 g/mol. The van der Waals surface area contributed by atoms with E-state index < -0.39 is 0 Å². The number of benzene rings is 3. The van der Waals surface area contributed by atoms with Gasteiger partial charge >= 0.3 is 0 Å². The maximum Gasteiger partial charge on any atom is 0.139 e. The Morgan fingerprint density at radius 3 is 2.12 bits per heavy atom. The lowest BCUT2D eigenvalue weighted by Gasteiger charge is -2.15. The van der Waals surface area contributed by atoms with Crippen LogP contribution in [0.15, 0.2) is 69.6 Å². The molecule has 0 fully saturated rings. The molecule has 0 aliphatic heterocycles. The summed E-state index contributed by atoms with van der Waals surface area (Å²) in [6.07, 6.45) is 0. The van der Waals surface area contributed by atoms with Crippen molar-refractivity contribution in [2.45, 2.75) is 13.2 Å². The number of nitrogens with one attached hydrogen (secondary N) is 1. The van der Waals surface area contributed by atoms with E-state index in [1.165, 1.54) is 24.3 Å². The van der Waals surface area contributed by atoms with Crippen molar-refractivity contribution in [1.29, 1.82) is 0 Å². The smallest absolute Gasteiger partial charge is 0.139 e. The molecule has 3 rings (SSSR count). The molecule has 134 valence electrons. The van der Waals surface area contributed by atoms with Gasteiger partial charge in [0.1, 0.15) is 24.0 Å². The molecule has 0 radical (unpaired) electrons. The highest BCUT2D eigenvalue weighted by molar-refractivity contribution is 9.11. The Bertz CT molecular complexity index is 884. The summed E-state index contributed by atoms with van der Waals surface area (Å²) in [6.45, 7) is 0.826. The summed E-state index contributed by atoms with van der Waals surface area (Å²) in [6, 6.07) is 16.2. The summed E-state index contributed by atoms with van der Waals surface area (Å²) < 4.78 is 33.7. The van der Waals surface area contributed by atoms with Crippen LogP contribution in [-0.4, -0.2) is 0 Å². The van der Waals surface area contributed by atoms with Gasteiger partial charge in [-0.15, -0.1) is 0 Å². The van der Waals surface area contributed by atoms with E-state index in [9.17, 15) is 8.78 Å². The first-order valence-electron chi connectivity index (χ1n) is 7.86. The van der Waals surface area contributed by atoms with Crippen molar-refractivity contribution in [3.63, 3.8) is 0 Å². The van der Waals surface area contributed by atoms with Gasteiger partial charge in [-0.05, 0) is 70.0 Å². The van der Waals surface area contributed by atoms with Gasteiger partial charge in [-0.2, -0.15) is 0 Å². The van der Waals surface area contributed by atoms with Crippen LogP contribution in [-0.2, 0) is 13.2 Å². The number of hydrogen-bond donors (Lipinski definition) is 1. The quantitative estimate of drug-likeness (QED) is 0.423. The Kier molecular flexibility index (Phi) is 6.27. The van der Waals surface area contributed by atoms with Crippen LogP contribution in [0.1, 0.15) is 11.1 Å². The molecule has 0 aliphatic carbocycles. The average Bonchev–Trinajstić information content (AvgIpc) is 2.62. The van der Waals surface area contributed by atoms with Gasteiger partial charge in [0, 0.05) is 22.3 Å². The first-order valence-corrected chi connectivity index (χ1v) is 9.44. The van der Waals surface area contributed by atoms with E-state index in [1.807, 2.05) is 12.1 Å². The SMILES string of the molecule is Fc1ccc(COc2c(Br)cc(Br)cc2CNc2ccc(F)cc2)cc1. The number of halogens is 4. The minimum absolute atomic E-state index is 0.274. The number of ether oxygens (including phenoxy) is 1. The first-order chi connectivity index (χ1) is 12.5.